The molecule has 110 heavy (non-hydrogen) atoms. The highest BCUT2D eigenvalue weighted by molar-refractivity contribution is 6.02. The van der Waals surface area contributed by atoms with Crippen LogP contribution in [0.3, 0.4) is 0 Å². The van der Waals surface area contributed by atoms with Crippen LogP contribution in [-0.2, 0) is 80.0 Å². The summed E-state index contributed by atoms with van der Waals surface area (Å²) in [7, 11) is 0. The molecular formula is C73H111N21O16. The van der Waals surface area contributed by atoms with Gasteiger partial charge in [0.2, 0.25) is 82.7 Å². The minimum Gasteiger partial charge on any atom is -0.394 e. The molecule has 16 unspecified atom stereocenters. The molecule has 2 aromatic carbocycles. The van der Waals surface area contributed by atoms with Crippen molar-refractivity contribution in [3.05, 3.63) is 72.1 Å². The van der Waals surface area contributed by atoms with Crippen LogP contribution in [0.25, 0.3) is 21.8 Å². The van der Waals surface area contributed by atoms with Gasteiger partial charge in [0.1, 0.15) is 84.6 Å². The molecule has 0 aliphatic carbocycles. The highest BCUT2D eigenvalue weighted by Gasteiger charge is 2.46. The average Bonchev–Trinajstić information content (AvgIpc) is 1.64. The molecule has 14 amide bonds. The van der Waals surface area contributed by atoms with Crippen molar-refractivity contribution >= 4 is 105 Å². The zero-order valence-corrected chi connectivity index (χ0v) is 63.0. The summed E-state index contributed by atoms with van der Waals surface area (Å²) in [5.74, 6) is -13.1. The Morgan fingerprint density at radius 1 is 0.418 bits per heavy atom. The van der Waals surface area contributed by atoms with E-state index in [-0.39, 0.29) is 116 Å². The molecule has 3 aliphatic rings. The largest absolute Gasteiger partial charge is 0.394 e. The van der Waals surface area contributed by atoms with Gasteiger partial charge in [-0.3, -0.25) is 67.1 Å². The number of aliphatic hydroxyl groups is 2. The van der Waals surface area contributed by atoms with Crippen LogP contribution in [0, 0.1) is 5.92 Å². The average molecular weight is 1540 g/mol. The maximum absolute atomic E-state index is 15.0. The molecule has 37 heteroatoms. The number of rotatable bonds is 20. The SMILES string of the molecule is CCC1NC(=O)C(C(C)CC)NC(=O)C(Cc2c[nH]c3ccccc23)NC(=O)C(C(C)O)NC(=O)C2CCCN2C(=O)C2CCCN2C(=O)C(CO)NC(=O)C(C)NC(=O)C(CCN)NC(=O)C(CCN)NC(=O)C(Cc2c[nH]c3ccccc23)NC(=O)C(CCN)NC(=O)C(CCN)NC(=O)C(CCCN)NC1=O. The molecule has 0 radical (unpaired) electrons. The van der Waals surface area contributed by atoms with Gasteiger partial charge in [-0.1, -0.05) is 63.6 Å². The fourth-order valence-corrected chi connectivity index (χ4v) is 13.8. The third-order valence-electron chi connectivity index (χ3n) is 20.3. The highest BCUT2D eigenvalue weighted by Crippen LogP contribution is 2.27. The molecule has 37 nitrogen and oxygen atoms in total. The second-order valence-corrected chi connectivity index (χ2v) is 28.2. The Morgan fingerprint density at radius 2 is 0.791 bits per heavy atom. The number of aromatic nitrogens is 2. The number of nitrogens with two attached hydrogens (primary N) is 5. The second-order valence-electron chi connectivity index (χ2n) is 28.2. The number of nitrogens with zero attached hydrogens (tertiary/aromatic N) is 2. The molecular weight excluding hydrogens is 1430 g/mol. The monoisotopic (exact) mass is 1540 g/mol. The van der Waals surface area contributed by atoms with Crippen LogP contribution >= 0.6 is 0 Å². The van der Waals surface area contributed by atoms with E-state index in [1.165, 1.54) is 23.6 Å². The van der Waals surface area contributed by atoms with Crippen molar-refractivity contribution in [3.8, 4) is 0 Å². The van der Waals surface area contributed by atoms with Crippen molar-refractivity contribution in [1.82, 2.24) is 83.6 Å². The van der Waals surface area contributed by atoms with Crippen LogP contribution in [0.2, 0.25) is 0 Å². The van der Waals surface area contributed by atoms with E-state index >= 15 is 0 Å². The van der Waals surface area contributed by atoms with Crippen molar-refractivity contribution in [2.75, 3.05) is 52.4 Å². The number of nitrogens with one attached hydrogen (secondary N) is 14. The Bertz CT molecular complexity index is 3890. The summed E-state index contributed by atoms with van der Waals surface area (Å²) in [6, 6.07) is -6.18. The summed E-state index contributed by atoms with van der Waals surface area (Å²) in [6.07, 6.45) is 1.46. The van der Waals surface area contributed by atoms with Crippen LogP contribution in [-0.4, -0.2) is 256 Å². The number of carbonyl (C=O) groups excluding carboxylic acids is 14. The summed E-state index contributed by atoms with van der Waals surface area (Å²) in [6.45, 7) is 5.84. The normalized spacial score (nSPS) is 27.2. The van der Waals surface area contributed by atoms with E-state index in [9.17, 15) is 77.3 Å². The van der Waals surface area contributed by atoms with Gasteiger partial charge >= 0.3 is 0 Å². The zero-order chi connectivity index (χ0) is 80.5. The van der Waals surface area contributed by atoms with Crippen LogP contribution in [0.15, 0.2) is 60.9 Å². The lowest BCUT2D eigenvalue weighted by molar-refractivity contribution is -0.148. The third-order valence-corrected chi connectivity index (χ3v) is 20.3. The van der Waals surface area contributed by atoms with Gasteiger partial charge in [0.25, 0.3) is 0 Å². The quantitative estimate of drug-likeness (QED) is 0.0392. The van der Waals surface area contributed by atoms with Gasteiger partial charge in [0.15, 0.2) is 0 Å². The molecule has 0 bridgehead atoms. The summed E-state index contributed by atoms with van der Waals surface area (Å²) in [5, 5.41) is 54.7. The molecule has 0 saturated carbocycles. The number of hydrogen-bond donors (Lipinski definition) is 21. The molecule has 7 rings (SSSR count). The Hall–Kier alpha value is -10.2. The first-order valence-electron chi connectivity index (χ1n) is 37.8. The molecule has 4 aromatic rings. The zero-order valence-electron chi connectivity index (χ0n) is 63.0. The van der Waals surface area contributed by atoms with Gasteiger partial charge in [-0.05, 0) is 146 Å². The standard InChI is InChI=1S/C73H111N21O16/c1-6-38(3)58-70(107)82-45(7-2)61(98)83-48(19-12-26-74)63(100)85-50(23-28-76)64(101)86-52(25-30-78)66(103)88-53(33-41-35-79-46-17-10-8-15-43(41)46)67(104)87-51(24-29-77)65(102)84-49(22-27-75)62(99)81-39(4)60(97)90-55(37-95)72(109)94-32-14-21-57(94)73(110)93-31-13-20-56(93)69(106)92-59(40(5)96)71(108)89-54(68(105)91-58)34-42-36-80-47-18-11-9-16-44(42)47/h8-11,15-18,35-36,38-40,45,48-59,79-80,95-96H,6-7,12-14,19-34,37,74-78H2,1-5H3,(H,81,99)(H,82,107)(H,83,98)(H,84,102)(H,85,100)(H,86,101)(H,87,104)(H,88,103)(H,89,108)(H,90,97)(H,91,105)(H,92,106). The first kappa shape index (κ1) is 87.1. The third kappa shape index (κ3) is 23.0. The Kier molecular flexibility index (Phi) is 33.3. The van der Waals surface area contributed by atoms with Crippen molar-refractivity contribution in [1.29, 1.82) is 0 Å². The minimum atomic E-state index is -1.76. The smallest absolute Gasteiger partial charge is 0.248 e. The van der Waals surface area contributed by atoms with Gasteiger partial charge in [-0.15, -0.1) is 0 Å². The maximum atomic E-state index is 15.0. The number of benzene rings is 2. The van der Waals surface area contributed by atoms with Crippen molar-refractivity contribution in [2.45, 2.75) is 215 Å². The molecule has 604 valence electrons. The van der Waals surface area contributed by atoms with E-state index < -0.39 is 186 Å². The van der Waals surface area contributed by atoms with Crippen LogP contribution in [0.1, 0.15) is 123 Å². The first-order valence-corrected chi connectivity index (χ1v) is 37.8. The Labute approximate surface area is 637 Å². The summed E-state index contributed by atoms with van der Waals surface area (Å²) in [5.41, 5.74) is 32.3. The summed E-state index contributed by atoms with van der Waals surface area (Å²) < 4.78 is 0. The fourth-order valence-electron chi connectivity index (χ4n) is 13.8. The molecule has 3 saturated heterocycles. The van der Waals surface area contributed by atoms with E-state index in [4.69, 9.17) is 28.7 Å². The van der Waals surface area contributed by atoms with Crippen molar-refractivity contribution in [2.24, 2.45) is 34.6 Å². The number of H-pyrrole nitrogens is 2. The van der Waals surface area contributed by atoms with Crippen LogP contribution in [0.5, 0.6) is 0 Å². The van der Waals surface area contributed by atoms with Crippen molar-refractivity contribution in [3.63, 3.8) is 0 Å². The van der Waals surface area contributed by atoms with E-state index in [1.54, 1.807) is 81.7 Å². The Morgan fingerprint density at radius 3 is 1.24 bits per heavy atom. The number of amides is 14. The van der Waals surface area contributed by atoms with Crippen LogP contribution < -0.4 is 92.5 Å². The molecule has 2 aromatic heterocycles. The number of hydrogen-bond acceptors (Lipinski definition) is 21. The molecule has 3 aliphatic heterocycles. The lowest BCUT2D eigenvalue weighted by atomic mass is 9.96. The number of aromatic amines is 2. The van der Waals surface area contributed by atoms with E-state index in [0.29, 0.717) is 52.2 Å². The Balaban J connectivity index is 1.23. The van der Waals surface area contributed by atoms with Crippen molar-refractivity contribution < 1.29 is 77.3 Å². The molecule has 16 atom stereocenters. The number of para-hydroxylation sites is 2. The summed E-state index contributed by atoms with van der Waals surface area (Å²) in [4.78, 5) is 212. The second kappa shape index (κ2) is 42.1. The predicted octanol–water partition coefficient (Wildman–Crippen LogP) is -5.77. The molecule has 3 fully saturated rings. The van der Waals surface area contributed by atoms with E-state index in [0.717, 1.165) is 0 Å². The lowest BCUT2D eigenvalue weighted by Gasteiger charge is -2.33. The lowest BCUT2D eigenvalue weighted by Crippen LogP contribution is -2.62. The highest BCUT2D eigenvalue weighted by atomic mass is 16.3. The topological polar surface area (TPSA) is 592 Å². The molecule has 26 N–H and O–H groups in total. The van der Waals surface area contributed by atoms with Gasteiger partial charge < -0.3 is 122 Å². The summed E-state index contributed by atoms with van der Waals surface area (Å²) >= 11 is 0. The van der Waals surface area contributed by atoms with Gasteiger partial charge in [-0.2, -0.15) is 0 Å². The van der Waals surface area contributed by atoms with Gasteiger partial charge in [0.05, 0.1) is 12.7 Å². The minimum absolute atomic E-state index is 0.0103. The number of fused-ring (bicyclic) bond motifs is 4. The maximum Gasteiger partial charge on any atom is 0.248 e. The van der Waals surface area contributed by atoms with E-state index in [2.05, 4.69) is 73.8 Å². The molecule has 5 heterocycles. The van der Waals surface area contributed by atoms with Gasteiger partial charge in [0, 0.05) is 60.1 Å². The number of aliphatic hydroxyl groups excluding tert-OH is 2. The molecule has 0 spiro atoms. The van der Waals surface area contributed by atoms with Gasteiger partial charge in [-0.25, -0.2) is 0 Å². The van der Waals surface area contributed by atoms with Crippen LogP contribution in [0.4, 0.5) is 0 Å². The fraction of sp³-hybridized carbons (Fsp3) is 0.589. The van der Waals surface area contributed by atoms with E-state index in [1.807, 2.05) is 0 Å². The number of carbonyl (C=O) groups is 14. The predicted molar refractivity (Wildman–Crippen MR) is 404 cm³/mol. The first-order chi connectivity index (χ1) is 52.6.